The van der Waals surface area contributed by atoms with Gasteiger partial charge in [0.15, 0.2) is 0 Å². The van der Waals surface area contributed by atoms with E-state index in [-0.39, 0.29) is 5.91 Å². The second kappa shape index (κ2) is 5.72. The van der Waals surface area contributed by atoms with Crippen LogP contribution in [-0.2, 0) is 10.5 Å². The third-order valence-corrected chi connectivity index (χ3v) is 5.01. The molecule has 3 nitrogen and oxygen atoms in total. The summed E-state index contributed by atoms with van der Waals surface area (Å²) in [6.45, 7) is 2.08. The van der Waals surface area contributed by atoms with E-state index in [0.717, 1.165) is 21.9 Å². The average molecular weight is 319 g/mol. The lowest BCUT2D eigenvalue weighted by atomic mass is 10.1. The number of carbonyl (C=O) groups is 1. The summed E-state index contributed by atoms with van der Waals surface area (Å²) < 4.78 is 0. The van der Waals surface area contributed by atoms with Gasteiger partial charge < -0.3 is 11.1 Å². The molecule has 1 aliphatic heterocycles. The van der Waals surface area contributed by atoms with Gasteiger partial charge in [-0.3, -0.25) is 4.79 Å². The first-order valence-corrected chi connectivity index (χ1v) is 7.99. The number of nitrogens with one attached hydrogen (secondary N) is 1. The van der Waals surface area contributed by atoms with Crippen molar-refractivity contribution in [3.63, 3.8) is 0 Å². The zero-order valence-electron chi connectivity index (χ0n) is 11.5. The molecule has 0 aromatic heterocycles. The maximum Gasteiger partial charge on any atom is 0.245 e. The molecule has 1 amide bonds. The van der Waals surface area contributed by atoms with Crippen LogP contribution in [0.3, 0.4) is 0 Å². The number of thioether (sulfide) groups is 1. The molecule has 3 N–H and O–H groups in total. The number of halogens is 1. The molecular formula is C16H15ClN2OS. The van der Waals surface area contributed by atoms with Crippen molar-refractivity contribution in [2.24, 2.45) is 5.73 Å². The summed E-state index contributed by atoms with van der Waals surface area (Å²) in [5, 5.41) is 3.42. The fourth-order valence-corrected chi connectivity index (χ4v) is 3.60. The number of anilines is 1. The van der Waals surface area contributed by atoms with Gasteiger partial charge in [-0.15, -0.1) is 11.8 Å². The van der Waals surface area contributed by atoms with Crippen LogP contribution in [0.25, 0.3) is 0 Å². The van der Waals surface area contributed by atoms with Crippen LogP contribution in [0, 0.1) is 6.92 Å². The van der Waals surface area contributed by atoms with Crippen LogP contribution < -0.4 is 11.1 Å². The monoisotopic (exact) mass is 318 g/mol. The van der Waals surface area contributed by atoms with Crippen molar-refractivity contribution in [1.82, 2.24) is 0 Å². The molecule has 0 aliphatic carbocycles. The number of aryl methyl sites for hydroxylation is 1. The Hall–Kier alpha value is -1.49. The van der Waals surface area contributed by atoms with E-state index in [4.69, 9.17) is 17.3 Å². The third kappa shape index (κ3) is 2.93. The first-order valence-electron chi connectivity index (χ1n) is 6.63. The van der Waals surface area contributed by atoms with Gasteiger partial charge in [-0.2, -0.15) is 0 Å². The Bertz CT molecular complexity index is 717. The van der Waals surface area contributed by atoms with Crippen LogP contribution in [0.2, 0.25) is 5.02 Å². The SMILES string of the molecule is Cc1cccc(CSc2cc3c(cc2Cl)C(N)C(=O)N3)c1. The van der Waals surface area contributed by atoms with Crippen LogP contribution in [0.4, 0.5) is 5.69 Å². The van der Waals surface area contributed by atoms with Crippen molar-refractivity contribution >= 4 is 35.0 Å². The number of benzene rings is 2. The van der Waals surface area contributed by atoms with Gasteiger partial charge in [0.25, 0.3) is 0 Å². The van der Waals surface area contributed by atoms with Gasteiger partial charge in [0, 0.05) is 21.9 Å². The summed E-state index contributed by atoms with van der Waals surface area (Å²) in [5.41, 5.74) is 9.84. The Balaban J connectivity index is 1.81. The maximum atomic E-state index is 11.6. The molecule has 1 heterocycles. The van der Waals surface area contributed by atoms with E-state index in [9.17, 15) is 4.79 Å². The highest BCUT2D eigenvalue weighted by Gasteiger charge is 2.28. The predicted octanol–water partition coefficient (Wildman–Crippen LogP) is 3.89. The normalized spacial score (nSPS) is 16.7. The Labute approximate surface area is 132 Å². The van der Waals surface area contributed by atoms with E-state index in [1.165, 1.54) is 11.1 Å². The highest BCUT2D eigenvalue weighted by atomic mass is 35.5. The fraction of sp³-hybridized carbons (Fsp3) is 0.188. The van der Waals surface area contributed by atoms with Gasteiger partial charge in [0.05, 0.1) is 5.02 Å². The molecule has 2 aromatic carbocycles. The molecule has 3 rings (SSSR count). The summed E-state index contributed by atoms with van der Waals surface area (Å²) in [5.74, 6) is 0.655. The topological polar surface area (TPSA) is 55.1 Å². The van der Waals surface area contributed by atoms with Crippen molar-refractivity contribution < 1.29 is 4.79 Å². The molecule has 2 aromatic rings. The summed E-state index contributed by atoms with van der Waals surface area (Å²) in [4.78, 5) is 12.5. The average Bonchev–Trinajstić information content (AvgIpc) is 2.72. The third-order valence-electron chi connectivity index (χ3n) is 3.46. The zero-order chi connectivity index (χ0) is 15.0. The fourth-order valence-electron chi connectivity index (χ4n) is 2.36. The lowest BCUT2D eigenvalue weighted by molar-refractivity contribution is -0.116. The molecule has 0 fully saturated rings. The molecule has 108 valence electrons. The molecule has 0 spiro atoms. The van der Waals surface area contributed by atoms with Gasteiger partial charge in [-0.05, 0) is 24.6 Å². The molecule has 1 atom stereocenters. The van der Waals surface area contributed by atoms with Gasteiger partial charge in [0.1, 0.15) is 6.04 Å². The standard InChI is InChI=1S/C16H15ClN2OS/c1-9-3-2-4-10(5-9)8-21-14-7-13-11(6-12(14)17)15(18)16(20)19-13/h2-7,15H,8,18H2,1H3,(H,19,20). The molecule has 1 aliphatic rings. The van der Waals surface area contributed by atoms with Crippen molar-refractivity contribution in [1.29, 1.82) is 0 Å². The Morgan fingerprint density at radius 3 is 2.90 bits per heavy atom. The number of amides is 1. The predicted molar refractivity (Wildman–Crippen MR) is 87.8 cm³/mol. The highest BCUT2D eigenvalue weighted by molar-refractivity contribution is 7.98. The quantitative estimate of drug-likeness (QED) is 0.844. The van der Waals surface area contributed by atoms with Gasteiger partial charge in [0.2, 0.25) is 5.91 Å². The van der Waals surface area contributed by atoms with E-state index in [2.05, 4.69) is 36.5 Å². The van der Waals surface area contributed by atoms with Crippen molar-refractivity contribution in [2.75, 3.05) is 5.32 Å². The largest absolute Gasteiger partial charge is 0.324 e. The van der Waals surface area contributed by atoms with E-state index >= 15 is 0 Å². The highest BCUT2D eigenvalue weighted by Crippen LogP contribution is 2.39. The molecular weight excluding hydrogens is 304 g/mol. The molecule has 1 unspecified atom stereocenters. The minimum atomic E-state index is -0.617. The number of rotatable bonds is 3. The molecule has 5 heteroatoms. The Morgan fingerprint density at radius 1 is 1.33 bits per heavy atom. The van der Waals surface area contributed by atoms with E-state index < -0.39 is 6.04 Å². The Kier molecular flexibility index (Phi) is 3.93. The van der Waals surface area contributed by atoms with Gasteiger partial charge in [-0.1, -0.05) is 41.4 Å². The first kappa shape index (κ1) is 14.4. The Morgan fingerprint density at radius 2 is 2.14 bits per heavy atom. The lowest BCUT2D eigenvalue weighted by Crippen LogP contribution is -2.19. The lowest BCUT2D eigenvalue weighted by Gasteiger charge is -2.08. The van der Waals surface area contributed by atoms with E-state index in [1.807, 2.05) is 6.07 Å². The number of nitrogens with two attached hydrogens (primary N) is 1. The minimum Gasteiger partial charge on any atom is -0.324 e. The number of fused-ring (bicyclic) bond motifs is 1. The van der Waals surface area contributed by atoms with Crippen LogP contribution in [0.5, 0.6) is 0 Å². The minimum absolute atomic E-state index is 0.179. The summed E-state index contributed by atoms with van der Waals surface area (Å²) >= 11 is 7.96. The molecule has 0 saturated carbocycles. The molecule has 21 heavy (non-hydrogen) atoms. The first-order chi connectivity index (χ1) is 10.0. The van der Waals surface area contributed by atoms with Crippen molar-refractivity contribution in [3.05, 3.63) is 58.1 Å². The number of carbonyl (C=O) groups excluding carboxylic acids is 1. The zero-order valence-corrected chi connectivity index (χ0v) is 13.1. The maximum absolute atomic E-state index is 11.6. The molecule has 0 bridgehead atoms. The summed E-state index contributed by atoms with van der Waals surface area (Å²) in [6.07, 6.45) is 0. The van der Waals surface area contributed by atoms with Crippen molar-refractivity contribution in [2.45, 2.75) is 23.6 Å². The van der Waals surface area contributed by atoms with Crippen LogP contribution in [0.15, 0.2) is 41.3 Å². The van der Waals surface area contributed by atoms with E-state index in [1.54, 1.807) is 17.8 Å². The van der Waals surface area contributed by atoms with Crippen LogP contribution >= 0.6 is 23.4 Å². The second-order valence-corrected chi connectivity index (χ2v) is 6.54. The second-order valence-electron chi connectivity index (χ2n) is 5.11. The number of hydrogen-bond acceptors (Lipinski definition) is 3. The van der Waals surface area contributed by atoms with Crippen LogP contribution in [0.1, 0.15) is 22.7 Å². The molecule has 0 radical (unpaired) electrons. The van der Waals surface area contributed by atoms with Gasteiger partial charge in [-0.25, -0.2) is 0 Å². The number of hydrogen-bond donors (Lipinski definition) is 2. The van der Waals surface area contributed by atoms with E-state index in [0.29, 0.717) is 5.02 Å². The summed E-state index contributed by atoms with van der Waals surface area (Å²) in [6, 6.07) is 11.5. The van der Waals surface area contributed by atoms with Crippen molar-refractivity contribution in [3.8, 4) is 0 Å². The van der Waals surface area contributed by atoms with Crippen LogP contribution in [-0.4, -0.2) is 5.91 Å². The smallest absolute Gasteiger partial charge is 0.245 e. The summed E-state index contributed by atoms with van der Waals surface area (Å²) in [7, 11) is 0. The van der Waals surface area contributed by atoms with Gasteiger partial charge >= 0.3 is 0 Å². The molecule has 0 saturated heterocycles.